The number of benzene rings is 1. The maximum atomic E-state index is 13.6. The summed E-state index contributed by atoms with van der Waals surface area (Å²) in [6, 6.07) is 3.41. The Balaban J connectivity index is 1.87. The smallest absolute Gasteiger partial charge is 0.125 e. The molecule has 18 heavy (non-hydrogen) atoms. The van der Waals surface area contributed by atoms with E-state index in [1.165, 1.54) is 31.2 Å². The largest absolute Gasteiger partial charge is 0.370 e. The van der Waals surface area contributed by atoms with Gasteiger partial charge in [-0.1, -0.05) is 19.8 Å². The summed E-state index contributed by atoms with van der Waals surface area (Å²) in [5, 5.41) is 0. The summed E-state index contributed by atoms with van der Waals surface area (Å²) in [6.45, 7) is 6.49. The summed E-state index contributed by atoms with van der Waals surface area (Å²) < 4.78 is 13.6. The molecule has 1 aliphatic carbocycles. The van der Waals surface area contributed by atoms with E-state index in [9.17, 15) is 4.39 Å². The Kier molecular flexibility index (Phi) is 3.04. The van der Waals surface area contributed by atoms with Crippen molar-refractivity contribution >= 4 is 5.69 Å². The highest BCUT2D eigenvalue weighted by molar-refractivity contribution is 5.63. The van der Waals surface area contributed by atoms with Gasteiger partial charge >= 0.3 is 0 Å². The minimum atomic E-state index is -0.0863. The third-order valence-corrected chi connectivity index (χ3v) is 4.61. The van der Waals surface area contributed by atoms with Gasteiger partial charge in [-0.2, -0.15) is 0 Å². The predicted octanol–water partition coefficient (Wildman–Crippen LogP) is 4.25. The van der Waals surface area contributed by atoms with Crippen LogP contribution in [-0.4, -0.2) is 13.1 Å². The molecule has 1 heterocycles. The van der Waals surface area contributed by atoms with Crippen LogP contribution < -0.4 is 4.90 Å². The molecule has 0 radical (unpaired) electrons. The average Bonchev–Trinajstić information content (AvgIpc) is 2.88. The molecule has 3 rings (SSSR count). The first kappa shape index (κ1) is 12.0. The van der Waals surface area contributed by atoms with Gasteiger partial charge in [0.25, 0.3) is 0 Å². The van der Waals surface area contributed by atoms with Crippen molar-refractivity contribution in [3.05, 3.63) is 29.1 Å². The summed E-state index contributed by atoms with van der Waals surface area (Å²) in [5.74, 6) is 1.28. The van der Waals surface area contributed by atoms with Gasteiger partial charge in [-0.05, 0) is 48.9 Å². The zero-order valence-corrected chi connectivity index (χ0v) is 11.4. The Morgan fingerprint density at radius 1 is 1.28 bits per heavy atom. The molecule has 98 valence electrons. The minimum Gasteiger partial charge on any atom is -0.370 e. The topological polar surface area (TPSA) is 3.24 Å². The second-order valence-corrected chi connectivity index (χ2v) is 6.11. The molecular weight excluding hydrogens is 225 g/mol. The first-order chi connectivity index (χ1) is 8.65. The molecule has 1 aromatic carbocycles. The van der Waals surface area contributed by atoms with Gasteiger partial charge < -0.3 is 4.90 Å². The van der Waals surface area contributed by atoms with Crippen LogP contribution in [0.3, 0.4) is 0 Å². The summed E-state index contributed by atoms with van der Waals surface area (Å²) in [5.41, 5.74) is 3.65. The van der Waals surface area contributed by atoms with Crippen LogP contribution in [0.2, 0.25) is 0 Å². The number of anilines is 1. The molecule has 0 bridgehead atoms. The van der Waals surface area contributed by atoms with E-state index in [1.807, 2.05) is 6.92 Å². The van der Waals surface area contributed by atoms with Crippen LogP contribution in [0.5, 0.6) is 0 Å². The number of halogens is 1. The molecular formula is C16H22FN. The summed E-state index contributed by atoms with van der Waals surface area (Å²) in [7, 11) is 0. The van der Waals surface area contributed by atoms with Crippen molar-refractivity contribution < 1.29 is 4.39 Å². The quantitative estimate of drug-likeness (QED) is 0.755. The zero-order chi connectivity index (χ0) is 12.7. The van der Waals surface area contributed by atoms with Crippen LogP contribution in [-0.2, 0) is 0 Å². The number of hydrogen-bond acceptors (Lipinski definition) is 1. The Morgan fingerprint density at radius 2 is 2.00 bits per heavy atom. The predicted molar refractivity (Wildman–Crippen MR) is 73.7 cm³/mol. The van der Waals surface area contributed by atoms with E-state index in [0.717, 1.165) is 30.3 Å². The number of hydrogen-bond donors (Lipinski definition) is 0. The molecule has 2 aliphatic rings. The van der Waals surface area contributed by atoms with Crippen LogP contribution in [0, 0.1) is 18.7 Å². The molecule has 1 atom stereocenters. The van der Waals surface area contributed by atoms with Gasteiger partial charge in [0.1, 0.15) is 5.82 Å². The average molecular weight is 247 g/mol. The molecule has 1 fully saturated rings. The second kappa shape index (κ2) is 4.56. The summed E-state index contributed by atoms with van der Waals surface area (Å²) in [4.78, 5) is 2.42. The monoisotopic (exact) mass is 247 g/mol. The molecule has 0 saturated heterocycles. The van der Waals surface area contributed by atoms with Gasteiger partial charge in [0.15, 0.2) is 0 Å². The minimum absolute atomic E-state index is 0.0863. The lowest BCUT2D eigenvalue weighted by molar-refractivity contribution is 0.531. The first-order valence-electron chi connectivity index (χ1n) is 7.20. The molecule has 0 spiro atoms. The number of nitrogens with zero attached hydrogens (tertiary/aromatic N) is 1. The van der Waals surface area contributed by atoms with Crippen LogP contribution in [0.1, 0.15) is 49.7 Å². The van der Waals surface area contributed by atoms with Crippen LogP contribution in [0.15, 0.2) is 12.1 Å². The maximum absolute atomic E-state index is 13.6. The van der Waals surface area contributed by atoms with Crippen molar-refractivity contribution in [2.45, 2.75) is 45.4 Å². The van der Waals surface area contributed by atoms with Gasteiger partial charge in [-0.25, -0.2) is 4.39 Å². The third kappa shape index (κ3) is 2.02. The second-order valence-electron chi connectivity index (χ2n) is 6.11. The highest BCUT2D eigenvalue weighted by atomic mass is 19.1. The van der Waals surface area contributed by atoms with Crippen LogP contribution in [0.25, 0.3) is 0 Å². The third-order valence-electron chi connectivity index (χ3n) is 4.61. The zero-order valence-electron chi connectivity index (χ0n) is 11.4. The van der Waals surface area contributed by atoms with E-state index in [0.29, 0.717) is 5.92 Å². The van der Waals surface area contributed by atoms with Gasteiger partial charge in [-0.3, -0.25) is 0 Å². The molecule has 1 saturated carbocycles. The fraction of sp³-hybridized carbons (Fsp3) is 0.625. The Morgan fingerprint density at radius 3 is 2.72 bits per heavy atom. The highest BCUT2D eigenvalue weighted by Gasteiger charge is 2.29. The Hall–Kier alpha value is -1.05. The lowest BCUT2D eigenvalue weighted by Gasteiger charge is -2.23. The Labute approximate surface area is 109 Å². The molecule has 1 nitrogen and oxygen atoms in total. The fourth-order valence-corrected chi connectivity index (χ4v) is 3.84. The van der Waals surface area contributed by atoms with E-state index >= 15 is 0 Å². The molecule has 0 N–H and O–H groups in total. The van der Waals surface area contributed by atoms with Crippen LogP contribution >= 0.6 is 0 Å². The van der Waals surface area contributed by atoms with Gasteiger partial charge in [-0.15, -0.1) is 0 Å². The van der Waals surface area contributed by atoms with Gasteiger partial charge in [0, 0.05) is 24.7 Å². The maximum Gasteiger partial charge on any atom is 0.125 e. The normalized spacial score (nSPS) is 23.7. The lowest BCUT2D eigenvalue weighted by Crippen LogP contribution is -2.27. The van der Waals surface area contributed by atoms with Crippen molar-refractivity contribution in [3.63, 3.8) is 0 Å². The van der Waals surface area contributed by atoms with Crippen molar-refractivity contribution in [2.75, 3.05) is 18.0 Å². The molecule has 1 aromatic rings. The SMILES string of the molecule is Cc1cc(F)cc2c1C(C)CN2CC1CCCC1. The number of aryl methyl sites for hydroxylation is 1. The van der Waals surface area contributed by atoms with Crippen molar-refractivity contribution in [1.82, 2.24) is 0 Å². The number of rotatable bonds is 2. The first-order valence-corrected chi connectivity index (χ1v) is 7.20. The molecule has 1 unspecified atom stereocenters. The van der Waals surface area contributed by atoms with E-state index in [2.05, 4.69) is 11.8 Å². The standard InChI is InChI=1S/C16H22FN/c1-11-7-14(17)8-15-16(11)12(2)9-18(15)10-13-5-3-4-6-13/h7-8,12-13H,3-6,9-10H2,1-2H3. The van der Waals surface area contributed by atoms with Crippen molar-refractivity contribution in [3.8, 4) is 0 Å². The van der Waals surface area contributed by atoms with Crippen LogP contribution in [0.4, 0.5) is 10.1 Å². The van der Waals surface area contributed by atoms with E-state index < -0.39 is 0 Å². The highest BCUT2D eigenvalue weighted by Crippen LogP contribution is 2.40. The molecule has 0 aromatic heterocycles. The molecule has 2 heteroatoms. The lowest BCUT2D eigenvalue weighted by atomic mass is 9.98. The summed E-state index contributed by atoms with van der Waals surface area (Å²) >= 11 is 0. The fourth-order valence-electron chi connectivity index (χ4n) is 3.84. The van der Waals surface area contributed by atoms with E-state index in [4.69, 9.17) is 0 Å². The molecule has 1 aliphatic heterocycles. The van der Waals surface area contributed by atoms with E-state index in [-0.39, 0.29) is 5.82 Å². The summed E-state index contributed by atoms with van der Waals surface area (Å²) in [6.07, 6.45) is 5.47. The molecule has 0 amide bonds. The van der Waals surface area contributed by atoms with Crippen molar-refractivity contribution in [1.29, 1.82) is 0 Å². The van der Waals surface area contributed by atoms with Gasteiger partial charge in [0.2, 0.25) is 0 Å². The van der Waals surface area contributed by atoms with E-state index in [1.54, 1.807) is 12.1 Å². The van der Waals surface area contributed by atoms with Gasteiger partial charge in [0.05, 0.1) is 0 Å². The van der Waals surface area contributed by atoms with Crippen molar-refractivity contribution in [2.24, 2.45) is 5.92 Å². The Bertz CT molecular complexity index is 449. The number of fused-ring (bicyclic) bond motifs is 1.